The second-order valence-electron chi connectivity index (χ2n) is 6.34. The molecule has 0 atom stereocenters. The number of pyridine rings is 2. The molecule has 8 heteroatoms. The quantitative estimate of drug-likeness (QED) is 0.668. The zero-order valence-corrected chi connectivity index (χ0v) is 15.4. The number of hydrogen-bond donors (Lipinski definition) is 2. The molecular weight excluding hydrogens is 372 g/mol. The number of carbonyl (C=O) groups is 2. The first-order valence-electron chi connectivity index (χ1n) is 8.99. The van der Waals surface area contributed by atoms with E-state index in [0.717, 1.165) is 11.3 Å². The molecule has 0 spiro atoms. The average Bonchev–Trinajstić information content (AvgIpc) is 3.24. The number of amides is 2. The van der Waals surface area contributed by atoms with Crippen LogP contribution in [0.2, 0.25) is 0 Å². The monoisotopic (exact) mass is 390 g/mol. The first kappa shape index (κ1) is 18.4. The fourth-order valence-corrected chi connectivity index (χ4v) is 2.80. The van der Waals surface area contributed by atoms with Crippen LogP contribution in [0.5, 0.6) is 11.5 Å². The number of fused-ring (bicyclic) bond motifs is 1. The van der Waals surface area contributed by atoms with Gasteiger partial charge in [0, 0.05) is 25.1 Å². The van der Waals surface area contributed by atoms with Crippen LogP contribution in [0.3, 0.4) is 0 Å². The van der Waals surface area contributed by atoms with Gasteiger partial charge in [0.2, 0.25) is 6.79 Å². The summed E-state index contributed by atoms with van der Waals surface area (Å²) in [5.74, 6) is 0.696. The van der Waals surface area contributed by atoms with E-state index < -0.39 is 0 Å². The standard InChI is InChI=1S/C21H18N4O4/c26-20(24-9-14-4-5-18-19(7-14)29-13-28-18)15-8-16(11-22-10-15)21(27)25-12-17-3-1-2-6-23-17/h1-8,10-11H,9,12-13H2,(H,24,26)(H,25,27). The van der Waals surface area contributed by atoms with Crippen LogP contribution in [-0.2, 0) is 13.1 Å². The lowest BCUT2D eigenvalue weighted by molar-refractivity contribution is 0.0950. The Labute approximate surface area is 166 Å². The predicted octanol–water partition coefficient (Wildman–Crippen LogP) is 2.07. The Bertz CT molecular complexity index is 1040. The van der Waals surface area contributed by atoms with E-state index in [1.165, 1.54) is 18.5 Å². The maximum absolute atomic E-state index is 12.5. The van der Waals surface area contributed by atoms with Gasteiger partial charge in [-0.3, -0.25) is 19.6 Å². The van der Waals surface area contributed by atoms with Crippen LogP contribution in [0.25, 0.3) is 0 Å². The number of hydrogen-bond acceptors (Lipinski definition) is 6. The summed E-state index contributed by atoms with van der Waals surface area (Å²) in [6.45, 7) is 0.803. The lowest BCUT2D eigenvalue weighted by Crippen LogP contribution is -2.26. The predicted molar refractivity (Wildman–Crippen MR) is 103 cm³/mol. The van der Waals surface area contributed by atoms with Gasteiger partial charge in [-0.15, -0.1) is 0 Å². The second-order valence-corrected chi connectivity index (χ2v) is 6.34. The Hall–Kier alpha value is -3.94. The van der Waals surface area contributed by atoms with Gasteiger partial charge in [-0.05, 0) is 35.9 Å². The van der Waals surface area contributed by atoms with Crippen molar-refractivity contribution >= 4 is 11.8 Å². The Balaban J connectivity index is 1.36. The Morgan fingerprint density at radius 2 is 1.66 bits per heavy atom. The van der Waals surface area contributed by atoms with Gasteiger partial charge in [0.1, 0.15) is 0 Å². The third-order valence-corrected chi connectivity index (χ3v) is 4.31. The van der Waals surface area contributed by atoms with Crippen LogP contribution >= 0.6 is 0 Å². The van der Waals surface area contributed by atoms with Gasteiger partial charge in [0.25, 0.3) is 11.8 Å². The summed E-state index contributed by atoms with van der Waals surface area (Å²) in [7, 11) is 0. The van der Waals surface area contributed by atoms with Crippen molar-refractivity contribution < 1.29 is 19.1 Å². The summed E-state index contributed by atoms with van der Waals surface area (Å²) in [4.78, 5) is 33.0. The first-order valence-corrected chi connectivity index (χ1v) is 8.99. The van der Waals surface area contributed by atoms with E-state index in [9.17, 15) is 9.59 Å². The molecule has 1 aliphatic rings. The van der Waals surface area contributed by atoms with Crippen molar-refractivity contribution in [1.29, 1.82) is 0 Å². The van der Waals surface area contributed by atoms with E-state index in [-0.39, 0.29) is 18.6 Å². The Morgan fingerprint density at radius 1 is 0.897 bits per heavy atom. The maximum atomic E-state index is 12.5. The number of rotatable bonds is 6. The van der Waals surface area contributed by atoms with Crippen LogP contribution in [-0.4, -0.2) is 28.6 Å². The summed E-state index contributed by atoms with van der Waals surface area (Å²) in [6.07, 6.45) is 4.50. The molecule has 29 heavy (non-hydrogen) atoms. The van der Waals surface area contributed by atoms with Crippen molar-refractivity contribution in [2.45, 2.75) is 13.1 Å². The maximum Gasteiger partial charge on any atom is 0.253 e. The molecular formula is C21H18N4O4. The molecule has 0 saturated heterocycles. The lowest BCUT2D eigenvalue weighted by Gasteiger charge is -2.08. The number of nitrogens with zero attached hydrogens (tertiary/aromatic N) is 2. The summed E-state index contributed by atoms with van der Waals surface area (Å²) in [6, 6.07) is 12.5. The zero-order chi connectivity index (χ0) is 20.1. The summed E-state index contributed by atoms with van der Waals surface area (Å²) in [5, 5.41) is 5.58. The summed E-state index contributed by atoms with van der Waals surface area (Å²) in [5.41, 5.74) is 2.22. The van der Waals surface area contributed by atoms with Crippen LogP contribution in [0.1, 0.15) is 32.0 Å². The van der Waals surface area contributed by atoms with Gasteiger partial charge in [0.05, 0.1) is 23.4 Å². The minimum Gasteiger partial charge on any atom is -0.454 e. The van der Waals surface area contributed by atoms with E-state index in [4.69, 9.17) is 9.47 Å². The number of benzene rings is 1. The fourth-order valence-electron chi connectivity index (χ4n) is 2.80. The average molecular weight is 390 g/mol. The number of aromatic nitrogens is 2. The molecule has 4 rings (SSSR count). The normalized spacial score (nSPS) is 11.7. The van der Waals surface area contributed by atoms with Gasteiger partial charge in [-0.2, -0.15) is 0 Å². The SMILES string of the molecule is O=C(NCc1ccc2c(c1)OCO2)c1cncc(C(=O)NCc2ccccn2)c1. The molecule has 0 aliphatic carbocycles. The molecule has 0 saturated carbocycles. The van der Waals surface area contributed by atoms with Crippen LogP contribution in [0.15, 0.2) is 61.1 Å². The molecule has 1 aliphatic heterocycles. The van der Waals surface area contributed by atoms with Crippen molar-refractivity contribution in [2.75, 3.05) is 6.79 Å². The molecule has 3 aromatic rings. The van der Waals surface area contributed by atoms with Crippen molar-refractivity contribution in [3.8, 4) is 11.5 Å². The molecule has 1 aromatic carbocycles. The van der Waals surface area contributed by atoms with E-state index in [2.05, 4.69) is 20.6 Å². The zero-order valence-electron chi connectivity index (χ0n) is 15.4. The van der Waals surface area contributed by atoms with Gasteiger partial charge in [-0.25, -0.2) is 0 Å². The molecule has 2 amide bonds. The minimum atomic E-state index is -0.325. The van der Waals surface area contributed by atoms with Crippen LogP contribution < -0.4 is 20.1 Å². The third-order valence-electron chi connectivity index (χ3n) is 4.31. The molecule has 0 unspecified atom stereocenters. The third kappa shape index (κ3) is 4.49. The molecule has 0 fully saturated rings. The van der Waals surface area contributed by atoms with E-state index in [0.29, 0.717) is 35.7 Å². The van der Waals surface area contributed by atoms with Gasteiger partial charge < -0.3 is 20.1 Å². The fraction of sp³-hybridized carbons (Fsp3) is 0.143. The minimum absolute atomic E-state index is 0.200. The van der Waals surface area contributed by atoms with E-state index in [1.807, 2.05) is 24.3 Å². The number of ether oxygens (including phenoxy) is 2. The highest BCUT2D eigenvalue weighted by Gasteiger charge is 2.15. The van der Waals surface area contributed by atoms with Gasteiger partial charge >= 0.3 is 0 Å². The Morgan fingerprint density at radius 3 is 2.41 bits per heavy atom. The van der Waals surface area contributed by atoms with Crippen LogP contribution in [0, 0.1) is 0 Å². The number of nitrogens with one attached hydrogen (secondary N) is 2. The summed E-state index contributed by atoms with van der Waals surface area (Å²) >= 11 is 0. The molecule has 0 radical (unpaired) electrons. The lowest BCUT2D eigenvalue weighted by atomic mass is 10.1. The number of carbonyl (C=O) groups excluding carboxylic acids is 2. The smallest absolute Gasteiger partial charge is 0.253 e. The summed E-state index contributed by atoms with van der Waals surface area (Å²) < 4.78 is 10.6. The Kier molecular flexibility index (Phi) is 5.33. The molecule has 146 valence electrons. The van der Waals surface area contributed by atoms with Crippen molar-refractivity contribution in [1.82, 2.24) is 20.6 Å². The highest BCUT2D eigenvalue weighted by Crippen LogP contribution is 2.32. The van der Waals surface area contributed by atoms with Crippen LogP contribution in [0.4, 0.5) is 0 Å². The van der Waals surface area contributed by atoms with E-state index in [1.54, 1.807) is 18.3 Å². The van der Waals surface area contributed by atoms with Crippen molar-refractivity contribution in [2.24, 2.45) is 0 Å². The molecule has 3 heterocycles. The molecule has 0 bridgehead atoms. The van der Waals surface area contributed by atoms with Gasteiger partial charge in [0.15, 0.2) is 11.5 Å². The van der Waals surface area contributed by atoms with Gasteiger partial charge in [-0.1, -0.05) is 12.1 Å². The highest BCUT2D eigenvalue weighted by molar-refractivity contribution is 5.99. The molecule has 2 aromatic heterocycles. The second kappa shape index (κ2) is 8.39. The highest BCUT2D eigenvalue weighted by atomic mass is 16.7. The molecule has 2 N–H and O–H groups in total. The van der Waals surface area contributed by atoms with Crippen molar-refractivity contribution in [3.63, 3.8) is 0 Å². The van der Waals surface area contributed by atoms with Crippen molar-refractivity contribution in [3.05, 3.63) is 83.4 Å². The van der Waals surface area contributed by atoms with E-state index >= 15 is 0 Å². The topological polar surface area (TPSA) is 102 Å². The molecule has 8 nitrogen and oxygen atoms in total. The largest absolute Gasteiger partial charge is 0.454 e. The first-order chi connectivity index (χ1) is 14.2.